The van der Waals surface area contributed by atoms with Crippen LogP contribution in [0.3, 0.4) is 0 Å². The Morgan fingerprint density at radius 2 is 1.80 bits per heavy atom. The number of esters is 2. The van der Waals surface area contributed by atoms with E-state index in [1.807, 2.05) is 70.0 Å². The highest BCUT2D eigenvalue weighted by atomic mass is 32.1. The summed E-state index contributed by atoms with van der Waals surface area (Å²) in [6.07, 6.45) is 4.19. The van der Waals surface area contributed by atoms with E-state index >= 15 is 0 Å². The molecule has 1 aliphatic heterocycles. The van der Waals surface area contributed by atoms with Crippen LogP contribution in [0.5, 0.6) is 0 Å². The monoisotopic (exact) mass is 780 g/mol. The topological polar surface area (TPSA) is 173 Å². The molecule has 0 aliphatic carbocycles. The van der Waals surface area contributed by atoms with Gasteiger partial charge in [0, 0.05) is 38.2 Å². The first kappa shape index (κ1) is 43.1. The van der Waals surface area contributed by atoms with Crippen LogP contribution in [0.1, 0.15) is 123 Å². The second-order valence-electron chi connectivity index (χ2n) is 14.5. The average molecular weight is 781 g/mol. The van der Waals surface area contributed by atoms with Crippen molar-refractivity contribution < 1.29 is 37.9 Å². The Bertz CT molecular complexity index is 1750. The Morgan fingerprint density at radius 1 is 1.07 bits per heavy atom. The van der Waals surface area contributed by atoms with E-state index in [-0.39, 0.29) is 66.3 Å². The van der Waals surface area contributed by atoms with Crippen molar-refractivity contribution in [2.24, 2.45) is 11.8 Å². The van der Waals surface area contributed by atoms with Gasteiger partial charge in [0.1, 0.15) is 16.7 Å². The number of likely N-dealkylation sites (N-methyl/N-ethyl adjacent to an activating group) is 2. The first-order valence-corrected chi connectivity index (χ1v) is 20.0. The van der Waals surface area contributed by atoms with Crippen LogP contribution < -0.4 is 10.6 Å². The van der Waals surface area contributed by atoms with E-state index in [1.54, 1.807) is 24.3 Å². The van der Waals surface area contributed by atoms with Crippen molar-refractivity contribution in [3.8, 4) is 0 Å². The average Bonchev–Trinajstić information content (AvgIpc) is 3.86. The van der Waals surface area contributed by atoms with Crippen molar-refractivity contribution >= 4 is 41.0 Å². The highest BCUT2D eigenvalue weighted by Gasteiger charge is 2.37. The fourth-order valence-electron chi connectivity index (χ4n) is 6.90. The molecule has 55 heavy (non-hydrogen) atoms. The van der Waals surface area contributed by atoms with Gasteiger partial charge >= 0.3 is 11.9 Å². The number of rotatable bonds is 18. The van der Waals surface area contributed by atoms with Crippen molar-refractivity contribution in [3.05, 3.63) is 69.8 Å². The molecule has 6 atom stereocenters. The minimum Gasteiger partial charge on any atom is -0.461 e. The van der Waals surface area contributed by atoms with Crippen molar-refractivity contribution in [1.29, 1.82) is 0 Å². The maximum absolute atomic E-state index is 14.2. The van der Waals surface area contributed by atoms with Gasteiger partial charge in [-0.1, -0.05) is 70.9 Å². The van der Waals surface area contributed by atoms with Crippen LogP contribution in [-0.2, 0) is 30.3 Å². The Kier molecular flexibility index (Phi) is 15.9. The first-order valence-electron chi connectivity index (χ1n) is 19.1. The third kappa shape index (κ3) is 11.4. The van der Waals surface area contributed by atoms with Gasteiger partial charge in [-0.2, -0.15) is 0 Å². The molecule has 0 radical (unpaired) electrons. The quantitative estimate of drug-likeness (QED) is 0.156. The minimum absolute atomic E-state index is 0.0353. The van der Waals surface area contributed by atoms with Crippen molar-refractivity contribution in [1.82, 2.24) is 30.4 Å². The summed E-state index contributed by atoms with van der Waals surface area (Å²) in [5.74, 6) is -2.16. The summed E-state index contributed by atoms with van der Waals surface area (Å²) in [5, 5.41) is 7.98. The molecule has 3 amide bonds. The molecule has 1 aliphatic rings. The standard InChI is InChI=1S/C40H56N6O8S/c1-9-25(5)33(44-37(49)30-18-14-15-19-45(30)7)39(50)46(8)31(24(3)4)21-32(54-26(6)47)38-43-29(22-55-38)36(48)42-28(20-27-16-12-11-13-17-27)35-34(41-23-53-35)40(51)52-10-2/h11-13,16-17,22-25,28,30-33H,9-10,14-15,18-21H2,1-8H3,(H,42,48)(H,44,49)/t25?,28?,30-,31?,32?,33?/m1/s1. The molecule has 0 spiro atoms. The fraction of sp³-hybridized carbons (Fsp3) is 0.575. The second kappa shape index (κ2) is 20.3. The van der Waals surface area contributed by atoms with E-state index < -0.39 is 42.1 Å². The van der Waals surface area contributed by atoms with E-state index in [0.717, 1.165) is 49.1 Å². The molecular formula is C40H56N6O8S. The van der Waals surface area contributed by atoms with Gasteiger partial charge in [0.25, 0.3) is 5.91 Å². The lowest BCUT2D eigenvalue weighted by molar-refractivity contribution is -0.149. The molecule has 1 saturated heterocycles. The highest BCUT2D eigenvalue weighted by molar-refractivity contribution is 7.09. The summed E-state index contributed by atoms with van der Waals surface area (Å²) in [6.45, 7) is 11.9. The van der Waals surface area contributed by atoms with E-state index in [9.17, 15) is 24.0 Å². The SMILES string of the molecule is CCOC(=O)c1ncoc1C(Cc1ccccc1)NC(=O)c1csc(C(CC(C(C)C)N(C)C(=O)C(NC(=O)[C@H]2CCCCN2C)C(C)CC)OC(C)=O)n1. The summed E-state index contributed by atoms with van der Waals surface area (Å²) < 4.78 is 16.6. The van der Waals surface area contributed by atoms with Crippen molar-refractivity contribution in [3.63, 3.8) is 0 Å². The van der Waals surface area contributed by atoms with Crippen LogP contribution in [0, 0.1) is 11.8 Å². The summed E-state index contributed by atoms with van der Waals surface area (Å²) in [4.78, 5) is 79.0. The number of aromatic nitrogens is 2. The van der Waals surface area contributed by atoms with Crippen LogP contribution >= 0.6 is 11.3 Å². The molecule has 5 unspecified atom stereocenters. The molecule has 15 heteroatoms. The Morgan fingerprint density at radius 3 is 2.44 bits per heavy atom. The molecule has 0 bridgehead atoms. The molecule has 3 heterocycles. The smallest absolute Gasteiger partial charge is 0.360 e. The van der Waals surface area contributed by atoms with Crippen LogP contribution in [0.2, 0.25) is 0 Å². The lowest BCUT2D eigenvalue weighted by Gasteiger charge is -2.38. The zero-order chi connectivity index (χ0) is 40.2. The number of amides is 3. The fourth-order valence-corrected chi connectivity index (χ4v) is 7.74. The van der Waals surface area contributed by atoms with Gasteiger partial charge in [0.15, 0.2) is 24.0 Å². The van der Waals surface area contributed by atoms with E-state index in [2.05, 4.69) is 20.6 Å². The lowest BCUT2D eigenvalue weighted by atomic mass is 9.92. The van der Waals surface area contributed by atoms with Crippen LogP contribution in [-0.4, -0.2) is 94.8 Å². The number of piperidine rings is 1. The van der Waals surface area contributed by atoms with Crippen LogP contribution in [0.15, 0.2) is 46.5 Å². The second-order valence-corrected chi connectivity index (χ2v) is 15.4. The van der Waals surface area contributed by atoms with Gasteiger partial charge in [0.2, 0.25) is 11.8 Å². The summed E-state index contributed by atoms with van der Waals surface area (Å²) >= 11 is 1.16. The van der Waals surface area contributed by atoms with Gasteiger partial charge in [-0.25, -0.2) is 14.8 Å². The molecule has 14 nitrogen and oxygen atoms in total. The zero-order valence-electron chi connectivity index (χ0n) is 33.2. The molecule has 2 aromatic heterocycles. The number of thiazole rings is 1. The molecule has 0 saturated carbocycles. The third-order valence-electron chi connectivity index (χ3n) is 10.2. The number of nitrogens with zero attached hydrogens (tertiary/aromatic N) is 4. The Hall–Kier alpha value is -4.63. The maximum atomic E-state index is 14.2. The van der Waals surface area contributed by atoms with Gasteiger partial charge in [-0.3, -0.25) is 24.1 Å². The largest absolute Gasteiger partial charge is 0.461 e. The van der Waals surface area contributed by atoms with Crippen molar-refractivity contribution in [2.75, 3.05) is 27.2 Å². The molecule has 2 N–H and O–H groups in total. The van der Waals surface area contributed by atoms with Crippen LogP contribution in [0.4, 0.5) is 0 Å². The predicted molar refractivity (Wildman–Crippen MR) is 207 cm³/mol. The number of hydrogen-bond donors (Lipinski definition) is 2. The number of oxazole rings is 1. The number of hydrogen-bond acceptors (Lipinski definition) is 12. The number of carbonyl (C=O) groups is 5. The maximum Gasteiger partial charge on any atom is 0.360 e. The molecule has 1 aromatic carbocycles. The van der Waals surface area contributed by atoms with Crippen molar-refractivity contribution in [2.45, 2.75) is 110 Å². The summed E-state index contributed by atoms with van der Waals surface area (Å²) in [6, 6.07) is 7.17. The number of ether oxygens (including phenoxy) is 2. The molecule has 3 aromatic rings. The molecular weight excluding hydrogens is 725 g/mol. The summed E-state index contributed by atoms with van der Waals surface area (Å²) in [7, 11) is 3.66. The van der Waals surface area contributed by atoms with E-state index in [4.69, 9.17) is 13.9 Å². The number of nitrogens with one attached hydrogen (secondary N) is 2. The molecule has 4 rings (SSSR count). The van der Waals surface area contributed by atoms with Crippen LogP contribution in [0.25, 0.3) is 0 Å². The first-order chi connectivity index (χ1) is 26.2. The third-order valence-corrected chi connectivity index (χ3v) is 11.2. The summed E-state index contributed by atoms with van der Waals surface area (Å²) in [5.41, 5.74) is 0.916. The lowest BCUT2D eigenvalue weighted by Crippen LogP contribution is -2.58. The highest BCUT2D eigenvalue weighted by Crippen LogP contribution is 2.32. The van der Waals surface area contributed by atoms with E-state index in [1.165, 1.54) is 6.92 Å². The van der Waals surface area contributed by atoms with E-state index in [0.29, 0.717) is 11.4 Å². The number of benzene rings is 1. The normalized spacial score (nSPS) is 17.4. The number of carbonyl (C=O) groups excluding carboxylic acids is 5. The molecule has 300 valence electrons. The van der Waals surface area contributed by atoms with Gasteiger partial charge in [-0.05, 0) is 50.8 Å². The zero-order valence-corrected chi connectivity index (χ0v) is 34.0. The molecule has 1 fully saturated rings. The van der Waals surface area contributed by atoms with Gasteiger partial charge < -0.3 is 29.4 Å². The Balaban J connectivity index is 1.56. The minimum atomic E-state index is -0.871. The Labute approximate surface area is 327 Å². The van der Waals surface area contributed by atoms with Gasteiger partial charge in [0.05, 0.1) is 18.7 Å². The number of likely N-dealkylation sites (tertiary alicyclic amines) is 1. The van der Waals surface area contributed by atoms with Gasteiger partial charge in [-0.15, -0.1) is 11.3 Å². The predicted octanol–water partition coefficient (Wildman–Crippen LogP) is 5.51.